The topological polar surface area (TPSA) is 76.5 Å². The summed E-state index contributed by atoms with van der Waals surface area (Å²) in [4.78, 5) is 16.2. The van der Waals surface area contributed by atoms with Crippen LogP contribution in [0.3, 0.4) is 0 Å². The molecule has 2 unspecified atom stereocenters. The van der Waals surface area contributed by atoms with Crippen LogP contribution in [0, 0.1) is 18.8 Å². The molecule has 30 heavy (non-hydrogen) atoms. The lowest BCUT2D eigenvalue weighted by molar-refractivity contribution is 0.590. The Labute approximate surface area is 182 Å². The van der Waals surface area contributed by atoms with Gasteiger partial charge in [-0.3, -0.25) is 4.98 Å². The summed E-state index contributed by atoms with van der Waals surface area (Å²) in [6, 6.07) is 15.6. The first kappa shape index (κ1) is 22.1. The number of nitroso groups, excluding NO2 is 1. The molecule has 0 N–H and O–H groups in total. The molecule has 1 aromatic heterocycles. The minimum absolute atomic E-state index is 0.160. The second-order valence-electron chi connectivity index (χ2n) is 7.48. The van der Waals surface area contributed by atoms with E-state index in [0.717, 1.165) is 27.9 Å². The maximum absolute atomic E-state index is 11.8. The van der Waals surface area contributed by atoms with Gasteiger partial charge in [-0.15, -0.1) is 0 Å². The molecule has 0 aliphatic carbocycles. The quantitative estimate of drug-likeness (QED) is 0.434. The van der Waals surface area contributed by atoms with Gasteiger partial charge < -0.3 is 0 Å². The summed E-state index contributed by atoms with van der Waals surface area (Å²) in [6.45, 7) is 3.84. The molecule has 0 amide bonds. The Morgan fingerprint density at radius 3 is 2.27 bits per heavy atom. The van der Waals surface area contributed by atoms with E-state index < -0.39 is 15.9 Å². The van der Waals surface area contributed by atoms with Crippen molar-refractivity contribution in [2.45, 2.75) is 37.1 Å². The Balaban J connectivity index is 2.06. The summed E-state index contributed by atoms with van der Waals surface area (Å²) < 4.78 is 23.7. The lowest BCUT2D eigenvalue weighted by Gasteiger charge is -2.23. The summed E-state index contributed by atoms with van der Waals surface area (Å²) in [5.41, 5.74) is 4.55. The first-order valence-electron chi connectivity index (χ1n) is 9.50. The van der Waals surface area contributed by atoms with Crippen LogP contribution in [-0.2, 0) is 9.84 Å². The van der Waals surface area contributed by atoms with Crippen LogP contribution in [0.1, 0.15) is 46.3 Å². The Bertz CT molecular complexity index is 1160. The van der Waals surface area contributed by atoms with Crippen molar-refractivity contribution in [1.29, 1.82) is 0 Å². The average molecular weight is 443 g/mol. The zero-order valence-electron chi connectivity index (χ0n) is 17.0. The second-order valence-corrected chi connectivity index (χ2v) is 9.93. The van der Waals surface area contributed by atoms with E-state index in [2.05, 4.69) is 10.2 Å². The Morgan fingerprint density at radius 1 is 1.00 bits per heavy atom. The molecule has 5 nitrogen and oxygen atoms in total. The van der Waals surface area contributed by atoms with Gasteiger partial charge in [0.05, 0.1) is 4.90 Å². The third-order valence-corrected chi connectivity index (χ3v) is 6.57. The standard InChI is InChI=1S/C23H23ClN2O3S/c1-15-12-19(24)6-9-21(15)22(17-4-7-20(8-5-17)30(3,28)29)14-23(26-27)18-10-11-25-16(2)13-18/h4-13,22-23H,14H2,1-3H3. The lowest BCUT2D eigenvalue weighted by atomic mass is 9.82. The highest BCUT2D eigenvalue weighted by molar-refractivity contribution is 7.90. The van der Waals surface area contributed by atoms with E-state index in [1.54, 1.807) is 36.5 Å². The van der Waals surface area contributed by atoms with Gasteiger partial charge in [-0.25, -0.2) is 8.42 Å². The molecule has 7 heteroatoms. The Kier molecular flexibility index (Phi) is 6.68. The van der Waals surface area contributed by atoms with E-state index in [-0.39, 0.29) is 10.8 Å². The Hall–Kier alpha value is -2.57. The van der Waals surface area contributed by atoms with Crippen molar-refractivity contribution in [2.75, 3.05) is 6.26 Å². The number of benzene rings is 2. The largest absolute Gasteiger partial charge is 0.262 e. The highest BCUT2D eigenvalue weighted by Gasteiger charge is 2.24. The molecule has 0 aliphatic rings. The zero-order chi connectivity index (χ0) is 21.9. The molecule has 0 radical (unpaired) electrons. The number of hydrogen-bond acceptors (Lipinski definition) is 5. The fourth-order valence-corrected chi connectivity index (χ4v) is 4.52. The SMILES string of the molecule is Cc1cc(C(CC(c2ccc(S(C)(=O)=O)cc2)c2ccc(Cl)cc2C)N=O)ccn1. The molecule has 0 saturated carbocycles. The van der Waals surface area contributed by atoms with Crippen molar-refractivity contribution >= 4 is 21.4 Å². The van der Waals surface area contributed by atoms with Crippen molar-refractivity contribution in [2.24, 2.45) is 5.18 Å². The highest BCUT2D eigenvalue weighted by Crippen LogP contribution is 2.38. The van der Waals surface area contributed by atoms with Gasteiger partial charge in [0.2, 0.25) is 0 Å². The van der Waals surface area contributed by atoms with E-state index in [4.69, 9.17) is 11.6 Å². The van der Waals surface area contributed by atoms with Crippen LogP contribution in [0.4, 0.5) is 0 Å². The number of aromatic nitrogens is 1. The molecule has 1 heterocycles. The van der Waals surface area contributed by atoms with Crippen LogP contribution in [0.5, 0.6) is 0 Å². The van der Waals surface area contributed by atoms with Crippen molar-refractivity contribution < 1.29 is 8.42 Å². The van der Waals surface area contributed by atoms with Gasteiger partial charge in [-0.05, 0) is 78.9 Å². The smallest absolute Gasteiger partial charge is 0.175 e. The highest BCUT2D eigenvalue weighted by atomic mass is 35.5. The molecule has 0 bridgehead atoms. The monoisotopic (exact) mass is 442 g/mol. The number of nitrogens with zero attached hydrogens (tertiary/aromatic N) is 2. The first-order valence-corrected chi connectivity index (χ1v) is 11.8. The lowest BCUT2D eigenvalue weighted by Crippen LogP contribution is -2.09. The van der Waals surface area contributed by atoms with Gasteiger partial charge in [0, 0.05) is 29.1 Å². The van der Waals surface area contributed by atoms with E-state index in [9.17, 15) is 13.3 Å². The van der Waals surface area contributed by atoms with Gasteiger partial charge in [0.15, 0.2) is 9.84 Å². The third-order valence-electron chi connectivity index (χ3n) is 5.21. The van der Waals surface area contributed by atoms with E-state index in [1.165, 1.54) is 6.26 Å². The fraction of sp³-hybridized carbons (Fsp3) is 0.261. The van der Waals surface area contributed by atoms with Crippen molar-refractivity contribution in [1.82, 2.24) is 4.98 Å². The number of hydrogen-bond donors (Lipinski definition) is 0. The van der Waals surface area contributed by atoms with Gasteiger partial charge in [-0.1, -0.05) is 35.0 Å². The fourth-order valence-electron chi connectivity index (χ4n) is 3.66. The normalized spacial score (nSPS) is 13.6. The van der Waals surface area contributed by atoms with Crippen LogP contribution in [0.15, 0.2) is 70.9 Å². The van der Waals surface area contributed by atoms with Gasteiger partial charge in [-0.2, -0.15) is 4.91 Å². The minimum atomic E-state index is -3.29. The maximum atomic E-state index is 11.8. The van der Waals surface area contributed by atoms with Crippen LogP contribution >= 0.6 is 11.6 Å². The van der Waals surface area contributed by atoms with E-state index in [1.807, 2.05) is 38.1 Å². The van der Waals surface area contributed by atoms with Gasteiger partial charge in [0.1, 0.15) is 6.04 Å². The molecule has 2 aromatic carbocycles. The number of rotatable bonds is 7. The molecule has 0 aliphatic heterocycles. The summed E-state index contributed by atoms with van der Waals surface area (Å²) in [5.74, 6) is -0.160. The van der Waals surface area contributed by atoms with Crippen LogP contribution in [0.25, 0.3) is 0 Å². The van der Waals surface area contributed by atoms with Crippen LogP contribution in [0.2, 0.25) is 5.02 Å². The van der Waals surface area contributed by atoms with Crippen molar-refractivity contribution in [3.63, 3.8) is 0 Å². The summed E-state index contributed by atoms with van der Waals surface area (Å²) >= 11 is 6.14. The number of aryl methyl sites for hydroxylation is 2. The van der Waals surface area contributed by atoms with Crippen molar-refractivity contribution in [3.05, 3.63) is 98.7 Å². The van der Waals surface area contributed by atoms with E-state index >= 15 is 0 Å². The third kappa shape index (κ3) is 5.12. The second kappa shape index (κ2) is 9.06. The molecule has 0 saturated heterocycles. The first-order chi connectivity index (χ1) is 14.2. The minimum Gasteiger partial charge on any atom is -0.262 e. The summed E-state index contributed by atoms with van der Waals surface area (Å²) in [5, 5.41) is 4.03. The predicted octanol–water partition coefficient (Wildman–Crippen LogP) is 5.79. The maximum Gasteiger partial charge on any atom is 0.175 e. The number of halogens is 1. The summed E-state index contributed by atoms with van der Waals surface area (Å²) in [7, 11) is -3.29. The van der Waals surface area contributed by atoms with Gasteiger partial charge >= 0.3 is 0 Å². The van der Waals surface area contributed by atoms with Gasteiger partial charge in [0.25, 0.3) is 0 Å². The molecule has 2 atom stereocenters. The number of sulfone groups is 1. The molecular weight excluding hydrogens is 420 g/mol. The van der Waals surface area contributed by atoms with Crippen molar-refractivity contribution in [3.8, 4) is 0 Å². The molecular formula is C23H23ClN2O3S. The summed E-state index contributed by atoms with van der Waals surface area (Å²) in [6.07, 6.45) is 3.29. The van der Waals surface area contributed by atoms with Crippen LogP contribution in [-0.4, -0.2) is 19.7 Å². The predicted molar refractivity (Wildman–Crippen MR) is 120 cm³/mol. The number of pyridine rings is 1. The zero-order valence-corrected chi connectivity index (χ0v) is 18.6. The molecule has 0 spiro atoms. The molecule has 3 aromatic rings. The average Bonchev–Trinajstić information content (AvgIpc) is 2.69. The molecule has 3 rings (SSSR count). The van der Waals surface area contributed by atoms with E-state index in [0.29, 0.717) is 11.4 Å². The molecule has 156 valence electrons. The Morgan fingerprint density at radius 2 is 1.70 bits per heavy atom. The van der Waals surface area contributed by atoms with Crippen LogP contribution < -0.4 is 0 Å². The molecule has 0 fully saturated rings.